The Morgan fingerprint density at radius 2 is 2.05 bits per heavy atom. The molecule has 0 aromatic heterocycles. The van der Waals surface area contributed by atoms with E-state index in [-0.39, 0.29) is 17.3 Å². The topological polar surface area (TPSA) is 107 Å². The number of benzene rings is 1. The second kappa shape index (κ2) is 5.11. The number of carbonyl (C=O) groups is 2. The third-order valence-electron chi connectivity index (χ3n) is 2.40. The van der Waals surface area contributed by atoms with Crippen molar-refractivity contribution in [1.29, 1.82) is 0 Å². The molecule has 1 saturated heterocycles. The number of nitrogens with zero attached hydrogens (tertiary/aromatic N) is 2. The third-order valence-corrected chi connectivity index (χ3v) is 3.39. The number of nitro groups is 1. The molecule has 0 saturated carbocycles. The molecule has 0 bridgehead atoms. The molecular formula is C11H9N3O4S. The number of carbonyl (C=O) groups excluding carboxylic acids is 2. The van der Waals surface area contributed by atoms with E-state index in [1.807, 2.05) is 0 Å². The summed E-state index contributed by atoms with van der Waals surface area (Å²) in [6.07, 6.45) is 1.16. The maximum Gasteiger partial charge on any atom is 0.269 e. The molecule has 1 heterocycles. The molecule has 2 rings (SSSR count). The van der Waals surface area contributed by atoms with E-state index in [1.165, 1.54) is 40.9 Å². The van der Waals surface area contributed by atoms with Crippen LogP contribution in [0.5, 0.6) is 0 Å². The van der Waals surface area contributed by atoms with Gasteiger partial charge in [0.15, 0.2) is 0 Å². The summed E-state index contributed by atoms with van der Waals surface area (Å²) < 4.78 is 0. The first-order chi connectivity index (χ1) is 8.99. The van der Waals surface area contributed by atoms with E-state index in [9.17, 15) is 19.7 Å². The highest BCUT2D eigenvalue weighted by Crippen LogP contribution is 2.34. The zero-order valence-corrected chi connectivity index (χ0v) is 10.4. The fourth-order valence-corrected chi connectivity index (χ4v) is 2.55. The zero-order chi connectivity index (χ0) is 14.0. The maximum absolute atomic E-state index is 11.8. The van der Waals surface area contributed by atoms with Crippen LogP contribution < -0.4 is 10.6 Å². The number of nitro benzene ring substituents is 1. The van der Waals surface area contributed by atoms with Gasteiger partial charge in [-0.15, -0.1) is 0 Å². The van der Waals surface area contributed by atoms with E-state index in [4.69, 9.17) is 5.73 Å². The van der Waals surface area contributed by atoms with Crippen molar-refractivity contribution >= 4 is 35.0 Å². The first kappa shape index (κ1) is 13.1. The fourth-order valence-electron chi connectivity index (χ4n) is 1.61. The van der Waals surface area contributed by atoms with Gasteiger partial charge in [-0.1, -0.05) is 11.8 Å². The summed E-state index contributed by atoms with van der Waals surface area (Å²) in [5.41, 5.74) is 5.47. The number of hydrogen-bond donors (Lipinski definition) is 1. The quantitative estimate of drug-likeness (QED) is 0.504. The van der Waals surface area contributed by atoms with Crippen LogP contribution in [-0.2, 0) is 9.59 Å². The molecule has 0 radical (unpaired) electrons. The summed E-state index contributed by atoms with van der Waals surface area (Å²) in [5.74, 6) is -0.647. The number of hydrogen-bond acceptors (Lipinski definition) is 5. The lowest BCUT2D eigenvalue weighted by atomic mass is 10.2. The van der Waals surface area contributed by atoms with Gasteiger partial charge in [-0.05, 0) is 12.1 Å². The monoisotopic (exact) mass is 279 g/mol. The van der Waals surface area contributed by atoms with E-state index in [0.717, 1.165) is 6.08 Å². The summed E-state index contributed by atoms with van der Waals surface area (Å²) in [6, 6.07) is 5.51. The molecule has 2 N–H and O–H groups in total. The number of thioether (sulfide) groups is 1. The molecule has 19 heavy (non-hydrogen) atoms. The van der Waals surface area contributed by atoms with Gasteiger partial charge in [-0.2, -0.15) is 0 Å². The lowest BCUT2D eigenvalue weighted by molar-refractivity contribution is -0.384. The second-order valence-corrected chi connectivity index (χ2v) is 4.67. The number of rotatable bonds is 3. The minimum Gasteiger partial charge on any atom is -0.366 e. The van der Waals surface area contributed by atoms with Crippen molar-refractivity contribution in [3.8, 4) is 0 Å². The van der Waals surface area contributed by atoms with Gasteiger partial charge in [-0.25, -0.2) is 0 Å². The summed E-state index contributed by atoms with van der Waals surface area (Å²) in [5, 5.41) is 11.0. The van der Waals surface area contributed by atoms with Crippen LogP contribution in [0.25, 0.3) is 0 Å². The molecule has 8 heteroatoms. The summed E-state index contributed by atoms with van der Waals surface area (Å²) in [7, 11) is 0. The Bertz CT molecular complexity index is 582. The van der Waals surface area contributed by atoms with Gasteiger partial charge in [0.2, 0.25) is 11.8 Å². The first-order valence-electron chi connectivity index (χ1n) is 5.20. The summed E-state index contributed by atoms with van der Waals surface area (Å²) >= 11 is 1.20. The van der Waals surface area contributed by atoms with E-state index in [2.05, 4.69) is 0 Å². The number of non-ortho nitro benzene ring substituents is 1. The maximum atomic E-state index is 11.8. The summed E-state index contributed by atoms with van der Waals surface area (Å²) in [4.78, 5) is 34.0. The molecule has 1 aliphatic heterocycles. The highest BCUT2D eigenvalue weighted by molar-refractivity contribution is 8.04. The van der Waals surface area contributed by atoms with Crippen LogP contribution in [0.3, 0.4) is 0 Å². The SMILES string of the molecule is NC(=O)/C=C1\SCC(=O)N1c1ccc([N+](=O)[O-])cc1. The number of amides is 2. The van der Waals surface area contributed by atoms with Gasteiger partial charge >= 0.3 is 0 Å². The van der Waals surface area contributed by atoms with Crippen LogP contribution >= 0.6 is 11.8 Å². The Kier molecular flexibility index (Phi) is 3.52. The smallest absolute Gasteiger partial charge is 0.269 e. The standard InChI is InChI=1S/C11H9N3O4S/c12-9(15)5-11-13(10(16)6-19-11)7-1-3-8(4-2-7)14(17)18/h1-5H,6H2,(H2,12,15)/b11-5-. The van der Waals surface area contributed by atoms with E-state index < -0.39 is 10.8 Å². The minimum absolute atomic E-state index is 0.0662. The average Bonchev–Trinajstić information content (AvgIpc) is 2.70. The molecule has 1 aromatic rings. The second-order valence-electron chi connectivity index (χ2n) is 3.68. The fraction of sp³-hybridized carbons (Fsp3) is 0.0909. The predicted octanol–water partition coefficient (Wildman–Crippen LogP) is 1.00. The highest BCUT2D eigenvalue weighted by Gasteiger charge is 2.28. The van der Waals surface area contributed by atoms with Gasteiger partial charge in [0, 0.05) is 23.9 Å². The Balaban J connectivity index is 2.35. The van der Waals surface area contributed by atoms with E-state index in [1.54, 1.807) is 0 Å². The van der Waals surface area contributed by atoms with Crippen LogP contribution in [0, 0.1) is 10.1 Å². The third kappa shape index (κ3) is 2.74. The van der Waals surface area contributed by atoms with Crippen LogP contribution in [0.2, 0.25) is 0 Å². The molecule has 1 aliphatic rings. The first-order valence-corrected chi connectivity index (χ1v) is 6.19. The molecule has 0 unspecified atom stereocenters. The number of nitrogens with two attached hydrogens (primary N) is 1. The summed E-state index contributed by atoms with van der Waals surface area (Å²) in [6.45, 7) is 0. The molecular weight excluding hydrogens is 270 g/mol. The predicted molar refractivity (Wildman–Crippen MR) is 70.3 cm³/mol. The van der Waals surface area contributed by atoms with Gasteiger partial charge in [0.05, 0.1) is 15.7 Å². The molecule has 0 atom stereocenters. The Hall–Kier alpha value is -2.35. The van der Waals surface area contributed by atoms with Crippen LogP contribution in [0.4, 0.5) is 11.4 Å². The van der Waals surface area contributed by atoms with Crippen molar-refractivity contribution in [2.75, 3.05) is 10.7 Å². The van der Waals surface area contributed by atoms with Gasteiger partial charge < -0.3 is 5.73 Å². The largest absolute Gasteiger partial charge is 0.366 e. The van der Waals surface area contributed by atoms with Crippen LogP contribution in [0.1, 0.15) is 0 Å². The van der Waals surface area contributed by atoms with Gasteiger partial charge in [-0.3, -0.25) is 24.6 Å². The van der Waals surface area contributed by atoms with E-state index in [0.29, 0.717) is 10.7 Å². The van der Waals surface area contributed by atoms with Crippen molar-refractivity contribution in [3.63, 3.8) is 0 Å². The average molecular weight is 279 g/mol. The van der Waals surface area contributed by atoms with Crippen molar-refractivity contribution in [2.24, 2.45) is 5.73 Å². The van der Waals surface area contributed by atoms with Crippen LogP contribution in [0.15, 0.2) is 35.4 Å². The zero-order valence-electron chi connectivity index (χ0n) is 9.61. The lowest BCUT2D eigenvalue weighted by Crippen LogP contribution is -2.24. The normalized spacial score (nSPS) is 16.9. The Morgan fingerprint density at radius 1 is 1.42 bits per heavy atom. The molecule has 1 aromatic carbocycles. The molecule has 98 valence electrons. The van der Waals surface area contributed by atoms with Crippen molar-refractivity contribution < 1.29 is 14.5 Å². The van der Waals surface area contributed by atoms with Gasteiger partial charge in [0.25, 0.3) is 5.69 Å². The van der Waals surface area contributed by atoms with Crippen molar-refractivity contribution in [3.05, 3.63) is 45.5 Å². The Morgan fingerprint density at radius 3 is 2.58 bits per heavy atom. The van der Waals surface area contributed by atoms with E-state index >= 15 is 0 Å². The highest BCUT2D eigenvalue weighted by atomic mass is 32.2. The molecule has 0 spiro atoms. The molecule has 1 fully saturated rings. The lowest BCUT2D eigenvalue weighted by Gasteiger charge is -2.16. The number of primary amides is 1. The van der Waals surface area contributed by atoms with Crippen molar-refractivity contribution in [2.45, 2.75) is 0 Å². The molecule has 0 aliphatic carbocycles. The minimum atomic E-state index is -0.649. The Labute approximate surface area is 112 Å². The molecule has 2 amide bonds. The van der Waals surface area contributed by atoms with Gasteiger partial charge in [0.1, 0.15) is 0 Å². The number of anilines is 1. The van der Waals surface area contributed by atoms with Crippen LogP contribution in [-0.4, -0.2) is 22.5 Å². The van der Waals surface area contributed by atoms with Crippen molar-refractivity contribution in [1.82, 2.24) is 0 Å². The molecule has 7 nitrogen and oxygen atoms in total.